The molecule has 1 aromatic carbocycles. The lowest BCUT2D eigenvalue weighted by Crippen LogP contribution is -2.41. The van der Waals surface area contributed by atoms with E-state index in [1.54, 1.807) is 19.1 Å². The molecular formula is C42H65N4O9P. The van der Waals surface area contributed by atoms with Crippen LogP contribution in [0.4, 0.5) is 0 Å². The van der Waals surface area contributed by atoms with Gasteiger partial charge in [0, 0.05) is 6.61 Å². The minimum absolute atomic E-state index is 0.153. The van der Waals surface area contributed by atoms with Crippen molar-refractivity contribution in [1.29, 1.82) is 5.26 Å². The molecule has 1 fully saturated rings. The molecule has 0 spiro atoms. The Labute approximate surface area is 333 Å². The molecule has 1 aliphatic heterocycles. The number of unbranched alkanes of at least 4 members (excludes halogenated alkanes) is 15. The fourth-order valence-corrected chi connectivity index (χ4v) is 7.81. The Hall–Kier alpha value is -2.76. The lowest BCUT2D eigenvalue weighted by molar-refractivity contribution is -0.0690. The number of phosphoric acid groups is 1. The molecule has 6 atom stereocenters. The van der Waals surface area contributed by atoms with Crippen LogP contribution in [-0.2, 0) is 40.0 Å². The number of rotatable bonds is 29. The second-order valence-corrected chi connectivity index (χ2v) is 16.6. The van der Waals surface area contributed by atoms with Crippen LogP contribution in [0.2, 0.25) is 0 Å². The van der Waals surface area contributed by atoms with Crippen molar-refractivity contribution in [3.05, 3.63) is 65.2 Å². The standard InChI is InChI=1S/C42H65N4O9P/c1-4-5-6-7-8-9-10-11-12-13-14-15-16-17-18-19-26-51-28-36(52-27-35-22-20-33(2)21-23-35)29-53-56(49,50)54-30-38-40(47)41(48)42(31-43,55-38)39-25-24-37-34(3)44-32-45-46(37)39/h20-25,32,36,38,40-41,47-48H,4-19,26-30H2,1-3H3,(H,49,50)/t36-,38-,40-,41-,42+/m1/s1. The summed E-state index contributed by atoms with van der Waals surface area (Å²) in [6.45, 7) is 6.04. The molecule has 1 saturated heterocycles. The SMILES string of the molecule is CCCCCCCCCCCCCCCCCCOC[C@H](COP(=O)(O)OC[C@H]1O[C@@](C#N)(c2ccc3c(C)ncnn23)[C@H](O)[C@@H]1O)OCc1ccc(C)cc1. The lowest BCUT2D eigenvalue weighted by Gasteiger charge is -2.24. The molecule has 3 aromatic rings. The molecule has 0 radical (unpaired) electrons. The molecule has 1 aliphatic rings. The summed E-state index contributed by atoms with van der Waals surface area (Å²) in [5.74, 6) is 0. The third-order valence-electron chi connectivity index (χ3n) is 10.5. The van der Waals surface area contributed by atoms with Crippen LogP contribution in [0.5, 0.6) is 0 Å². The van der Waals surface area contributed by atoms with Gasteiger partial charge in [0.1, 0.15) is 36.8 Å². The Morgan fingerprint density at radius 1 is 0.875 bits per heavy atom. The number of nitrogens with zero attached hydrogens (tertiary/aromatic N) is 4. The number of aromatic nitrogens is 3. The van der Waals surface area contributed by atoms with E-state index < -0.39 is 44.4 Å². The zero-order valence-corrected chi connectivity index (χ0v) is 34.6. The number of nitriles is 1. The number of aliphatic hydroxyl groups excluding tert-OH is 2. The maximum atomic E-state index is 13.0. The van der Waals surface area contributed by atoms with Crippen molar-refractivity contribution in [2.75, 3.05) is 26.4 Å². The number of hydrogen-bond donors (Lipinski definition) is 3. The number of aliphatic hydroxyl groups is 2. The zero-order valence-electron chi connectivity index (χ0n) is 33.7. The second kappa shape index (κ2) is 24.2. The van der Waals surface area contributed by atoms with Gasteiger partial charge < -0.3 is 29.3 Å². The van der Waals surface area contributed by atoms with Crippen LogP contribution in [0.15, 0.2) is 42.7 Å². The summed E-state index contributed by atoms with van der Waals surface area (Å²) >= 11 is 0. The highest BCUT2D eigenvalue weighted by atomic mass is 31.2. The molecule has 312 valence electrons. The minimum Gasteiger partial charge on any atom is -0.387 e. The molecule has 0 saturated carbocycles. The topological polar surface area (TPSA) is 178 Å². The van der Waals surface area contributed by atoms with Crippen molar-refractivity contribution in [2.24, 2.45) is 0 Å². The summed E-state index contributed by atoms with van der Waals surface area (Å²) in [6, 6.07) is 13.1. The third-order valence-corrected chi connectivity index (χ3v) is 11.5. The van der Waals surface area contributed by atoms with Gasteiger partial charge in [0.15, 0.2) is 0 Å². The highest BCUT2D eigenvalue weighted by Crippen LogP contribution is 2.46. The molecule has 13 nitrogen and oxygen atoms in total. The van der Waals surface area contributed by atoms with E-state index in [-0.39, 0.29) is 25.5 Å². The summed E-state index contributed by atoms with van der Waals surface area (Å²) in [6.07, 6.45) is 16.6. The Morgan fingerprint density at radius 3 is 2.09 bits per heavy atom. The van der Waals surface area contributed by atoms with Gasteiger partial charge in [-0.3, -0.25) is 9.05 Å². The Bertz CT molecular complexity index is 1650. The van der Waals surface area contributed by atoms with E-state index >= 15 is 0 Å². The normalized spacial score (nSPS) is 21.3. The Balaban J connectivity index is 1.17. The molecule has 2 aromatic heterocycles. The van der Waals surface area contributed by atoms with E-state index in [1.165, 1.54) is 101 Å². The average molecular weight is 801 g/mol. The molecule has 0 aliphatic carbocycles. The van der Waals surface area contributed by atoms with Crippen molar-refractivity contribution in [3.63, 3.8) is 0 Å². The van der Waals surface area contributed by atoms with Crippen LogP contribution < -0.4 is 0 Å². The molecule has 56 heavy (non-hydrogen) atoms. The fourth-order valence-electron chi connectivity index (χ4n) is 7.05. The van der Waals surface area contributed by atoms with Gasteiger partial charge in [-0.15, -0.1) is 0 Å². The minimum atomic E-state index is -4.70. The highest BCUT2D eigenvalue weighted by molar-refractivity contribution is 7.47. The molecule has 4 rings (SSSR count). The Kier molecular flexibility index (Phi) is 19.9. The maximum absolute atomic E-state index is 13.0. The van der Waals surface area contributed by atoms with Crippen LogP contribution in [0.25, 0.3) is 5.52 Å². The summed E-state index contributed by atoms with van der Waals surface area (Å²) < 4.78 is 42.8. The largest absolute Gasteiger partial charge is 0.472 e. The first-order valence-corrected chi connectivity index (χ1v) is 22.2. The van der Waals surface area contributed by atoms with Gasteiger partial charge in [0.25, 0.3) is 0 Å². The second-order valence-electron chi connectivity index (χ2n) is 15.2. The van der Waals surface area contributed by atoms with Gasteiger partial charge >= 0.3 is 7.82 Å². The van der Waals surface area contributed by atoms with Gasteiger partial charge in [0.05, 0.1) is 43.3 Å². The van der Waals surface area contributed by atoms with Crippen molar-refractivity contribution in [3.8, 4) is 6.07 Å². The van der Waals surface area contributed by atoms with Gasteiger partial charge in [0.2, 0.25) is 5.60 Å². The number of ether oxygens (including phenoxy) is 3. The fraction of sp³-hybridized carbons (Fsp3) is 0.690. The first-order chi connectivity index (χ1) is 27.1. The van der Waals surface area contributed by atoms with Crippen LogP contribution in [0.3, 0.4) is 0 Å². The van der Waals surface area contributed by atoms with Gasteiger partial charge in [-0.05, 0) is 38.0 Å². The van der Waals surface area contributed by atoms with Crippen LogP contribution in [-0.4, -0.2) is 80.5 Å². The third kappa shape index (κ3) is 14.3. The average Bonchev–Trinajstić information content (AvgIpc) is 3.74. The predicted molar refractivity (Wildman–Crippen MR) is 214 cm³/mol. The maximum Gasteiger partial charge on any atom is 0.472 e. The zero-order chi connectivity index (χ0) is 40.2. The summed E-state index contributed by atoms with van der Waals surface area (Å²) in [4.78, 5) is 14.7. The number of fused-ring (bicyclic) bond motifs is 1. The van der Waals surface area contributed by atoms with Crippen LogP contribution in [0, 0.1) is 25.2 Å². The first-order valence-electron chi connectivity index (χ1n) is 20.7. The van der Waals surface area contributed by atoms with E-state index in [1.807, 2.05) is 37.3 Å². The van der Waals surface area contributed by atoms with Crippen molar-refractivity contribution in [2.45, 2.75) is 160 Å². The van der Waals surface area contributed by atoms with E-state index in [0.717, 1.165) is 24.0 Å². The number of aryl methyl sites for hydroxylation is 2. The molecule has 1 unspecified atom stereocenters. The number of phosphoric ester groups is 1. The smallest absolute Gasteiger partial charge is 0.387 e. The summed E-state index contributed by atoms with van der Waals surface area (Å²) in [7, 11) is -4.70. The lowest BCUT2D eigenvalue weighted by atomic mass is 9.92. The number of hydrogen-bond acceptors (Lipinski definition) is 11. The van der Waals surface area contributed by atoms with Crippen molar-refractivity contribution < 1.29 is 42.9 Å². The highest BCUT2D eigenvalue weighted by Gasteiger charge is 2.58. The van der Waals surface area contributed by atoms with Gasteiger partial charge in [-0.1, -0.05) is 133 Å². The van der Waals surface area contributed by atoms with E-state index in [4.69, 9.17) is 23.3 Å². The van der Waals surface area contributed by atoms with Crippen LogP contribution in [0.1, 0.15) is 132 Å². The molecule has 0 amide bonds. The molecule has 0 bridgehead atoms. The van der Waals surface area contributed by atoms with E-state index in [2.05, 4.69) is 17.0 Å². The van der Waals surface area contributed by atoms with Crippen molar-refractivity contribution >= 4 is 13.3 Å². The van der Waals surface area contributed by atoms with Gasteiger partial charge in [-0.2, -0.15) is 10.4 Å². The molecule has 3 N–H and O–H groups in total. The quantitative estimate of drug-likeness (QED) is 0.0454. The number of benzene rings is 1. The first kappa shape index (κ1) is 45.9. The van der Waals surface area contributed by atoms with E-state index in [0.29, 0.717) is 17.8 Å². The monoisotopic (exact) mass is 800 g/mol. The van der Waals surface area contributed by atoms with Crippen LogP contribution >= 0.6 is 7.82 Å². The van der Waals surface area contributed by atoms with E-state index in [9.17, 15) is 24.9 Å². The predicted octanol–water partition coefficient (Wildman–Crippen LogP) is 8.18. The molecular weight excluding hydrogens is 735 g/mol. The summed E-state index contributed by atoms with van der Waals surface area (Å²) in [5.41, 5.74) is 1.42. The summed E-state index contributed by atoms with van der Waals surface area (Å²) in [5, 5.41) is 36.2. The van der Waals surface area contributed by atoms with Gasteiger partial charge in [-0.25, -0.2) is 14.1 Å². The molecule has 14 heteroatoms. The Morgan fingerprint density at radius 2 is 1.48 bits per heavy atom. The van der Waals surface area contributed by atoms with Crippen molar-refractivity contribution in [1.82, 2.24) is 14.6 Å². The molecule has 3 heterocycles.